The van der Waals surface area contributed by atoms with Crippen molar-refractivity contribution in [2.45, 2.75) is 39.5 Å². The molecule has 0 aromatic carbocycles. The number of halogens is 2. The maximum Gasteiger partial charge on any atom is 0.303 e. The molecule has 9 heteroatoms. The molecule has 2 N–H and O–H groups in total. The van der Waals surface area contributed by atoms with Crippen LogP contribution in [0.3, 0.4) is 0 Å². The number of carbonyl (C=O) groups is 1. The average molecular weight is 377 g/mol. The molecule has 0 spiro atoms. The van der Waals surface area contributed by atoms with Gasteiger partial charge in [-0.15, -0.1) is 0 Å². The Labute approximate surface area is 155 Å². The first-order valence-electron chi connectivity index (χ1n) is 8.71. The van der Waals surface area contributed by atoms with Gasteiger partial charge in [-0.25, -0.2) is 15.0 Å². The Morgan fingerprint density at radius 3 is 2.67 bits per heavy atom. The number of rotatable bonds is 7. The second kappa shape index (κ2) is 7.42. The summed E-state index contributed by atoms with van der Waals surface area (Å²) in [5.74, 6) is -2.80. The Kier molecular flexibility index (Phi) is 5.20. The summed E-state index contributed by atoms with van der Waals surface area (Å²) < 4.78 is 32.7. The van der Waals surface area contributed by atoms with Gasteiger partial charge in [-0.05, 0) is 26.7 Å². The summed E-state index contributed by atoms with van der Waals surface area (Å²) in [6.07, 6.45) is 3.22. The number of anilines is 3. The van der Waals surface area contributed by atoms with E-state index in [0.29, 0.717) is 29.6 Å². The first-order chi connectivity index (χ1) is 12.8. The number of aromatic nitrogens is 3. The number of ether oxygens (including phenoxy) is 1. The van der Waals surface area contributed by atoms with Crippen molar-refractivity contribution < 1.29 is 18.3 Å². The van der Waals surface area contributed by atoms with Crippen molar-refractivity contribution >= 4 is 23.2 Å². The van der Waals surface area contributed by atoms with Crippen LogP contribution in [0.25, 0.3) is 0 Å². The van der Waals surface area contributed by atoms with Gasteiger partial charge in [0.05, 0.1) is 18.5 Å². The van der Waals surface area contributed by atoms with Gasteiger partial charge in [0.15, 0.2) is 5.75 Å². The Balaban J connectivity index is 1.89. The first-order valence-corrected chi connectivity index (χ1v) is 8.71. The lowest BCUT2D eigenvalue weighted by molar-refractivity contribution is -0.117. The molecular formula is C18H21F2N5O2. The molecule has 0 aliphatic heterocycles. The molecule has 7 nitrogen and oxygen atoms in total. The van der Waals surface area contributed by atoms with E-state index in [1.165, 1.54) is 6.20 Å². The molecule has 1 fully saturated rings. The molecule has 0 atom stereocenters. The zero-order valence-corrected chi connectivity index (χ0v) is 15.3. The fourth-order valence-corrected chi connectivity index (χ4v) is 2.42. The Hall–Kier alpha value is -2.84. The standard InChI is InChI=1S/C18H21F2N5O2/c1-4-27-13-9-21-14(24-16(26)11-5-6-11)8-12(13)23-15-7-10(2)22-17(25-15)18(3,19)20/h7-9,11H,4-6H2,1-3H3,(H2,21,22,23,24,25,26). The molecule has 1 amide bonds. The van der Waals surface area contributed by atoms with Crippen LogP contribution in [0.4, 0.5) is 26.1 Å². The number of aryl methyl sites for hydroxylation is 1. The van der Waals surface area contributed by atoms with Gasteiger partial charge >= 0.3 is 5.92 Å². The van der Waals surface area contributed by atoms with Gasteiger partial charge < -0.3 is 15.4 Å². The molecule has 3 rings (SSSR count). The highest BCUT2D eigenvalue weighted by molar-refractivity contribution is 5.93. The van der Waals surface area contributed by atoms with Crippen molar-refractivity contribution in [2.24, 2.45) is 5.92 Å². The quantitative estimate of drug-likeness (QED) is 0.763. The van der Waals surface area contributed by atoms with Gasteiger partial charge in [0.25, 0.3) is 0 Å². The molecule has 0 radical (unpaired) electrons. The zero-order valence-electron chi connectivity index (χ0n) is 15.3. The van der Waals surface area contributed by atoms with E-state index in [9.17, 15) is 13.6 Å². The van der Waals surface area contributed by atoms with Crippen molar-refractivity contribution in [1.82, 2.24) is 15.0 Å². The molecule has 1 aliphatic carbocycles. The number of nitrogens with zero attached hydrogens (tertiary/aromatic N) is 3. The van der Waals surface area contributed by atoms with Crippen LogP contribution in [0.5, 0.6) is 5.75 Å². The van der Waals surface area contributed by atoms with E-state index in [1.54, 1.807) is 19.1 Å². The number of carbonyl (C=O) groups excluding carboxylic acids is 1. The van der Waals surface area contributed by atoms with Crippen molar-refractivity contribution in [3.8, 4) is 5.75 Å². The SMILES string of the molecule is CCOc1cnc(NC(=O)C2CC2)cc1Nc1cc(C)nc(C(C)(F)F)n1. The average Bonchev–Trinajstić information content (AvgIpc) is 3.41. The number of amides is 1. The smallest absolute Gasteiger partial charge is 0.303 e. The van der Waals surface area contributed by atoms with E-state index in [1.807, 2.05) is 6.92 Å². The lowest BCUT2D eigenvalue weighted by Gasteiger charge is -2.15. The Bertz CT molecular complexity index is 850. The second-order valence-electron chi connectivity index (χ2n) is 6.49. The summed E-state index contributed by atoms with van der Waals surface area (Å²) in [6, 6.07) is 3.14. The lowest BCUT2D eigenvalue weighted by atomic mass is 10.3. The molecule has 144 valence electrons. The number of pyridine rings is 1. The van der Waals surface area contributed by atoms with Crippen LogP contribution in [0.1, 0.15) is 38.2 Å². The van der Waals surface area contributed by atoms with Crippen molar-refractivity contribution in [2.75, 3.05) is 17.2 Å². The molecule has 2 heterocycles. The van der Waals surface area contributed by atoms with Crippen LogP contribution in [0, 0.1) is 12.8 Å². The summed E-state index contributed by atoms with van der Waals surface area (Å²) >= 11 is 0. The molecular weight excluding hydrogens is 356 g/mol. The highest BCUT2D eigenvalue weighted by Crippen LogP contribution is 2.33. The van der Waals surface area contributed by atoms with E-state index in [4.69, 9.17) is 4.74 Å². The highest BCUT2D eigenvalue weighted by atomic mass is 19.3. The minimum Gasteiger partial charge on any atom is -0.490 e. The van der Waals surface area contributed by atoms with Gasteiger partial charge in [0.2, 0.25) is 11.7 Å². The molecule has 2 aromatic rings. The number of hydrogen-bond donors (Lipinski definition) is 2. The van der Waals surface area contributed by atoms with Gasteiger partial charge in [-0.1, -0.05) is 0 Å². The van der Waals surface area contributed by atoms with Crippen molar-refractivity contribution in [3.63, 3.8) is 0 Å². The monoisotopic (exact) mass is 377 g/mol. The third kappa shape index (κ3) is 4.87. The number of hydrogen-bond acceptors (Lipinski definition) is 6. The van der Waals surface area contributed by atoms with Gasteiger partial charge in [0.1, 0.15) is 11.6 Å². The minimum absolute atomic E-state index is 0.0358. The highest BCUT2D eigenvalue weighted by Gasteiger charge is 2.30. The van der Waals surface area contributed by atoms with Crippen LogP contribution in [-0.2, 0) is 10.7 Å². The Morgan fingerprint density at radius 1 is 1.30 bits per heavy atom. The molecule has 1 aliphatic rings. The summed E-state index contributed by atoms with van der Waals surface area (Å²) in [7, 11) is 0. The van der Waals surface area contributed by atoms with Gasteiger partial charge in [-0.2, -0.15) is 8.78 Å². The van der Waals surface area contributed by atoms with Crippen LogP contribution < -0.4 is 15.4 Å². The van der Waals surface area contributed by atoms with Crippen molar-refractivity contribution in [1.29, 1.82) is 0 Å². The molecule has 27 heavy (non-hydrogen) atoms. The van der Waals surface area contributed by atoms with E-state index in [2.05, 4.69) is 25.6 Å². The van der Waals surface area contributed by atoms with Crippen LogP contribution in [0.15, 0.2) is 18.3 Å². The van der Waals surface area contributed by atoms with Crippen LogP contribution in [-0.4, -0.2) is 27.5 Å². The van der Waals surface area contributed by atoms with Gasteiger partial charge in [-0.3, -0.25) is 4.79 Å². The van der Waals surface area contributed by atoms with Crippen LogP contribution in [0.2, 0.25) is 0 Å². The topological polar surface area (TPSA) is 89.0 Å². The molecule has 0 unspecified atom stereocenters. The second-order valence-corrected chi connectivity index (χ2v) is 6.49. The third-order valence-corrected chi connectivity index (χ3v) is 3.88. The zero-order chi connectivity index (χ0) is 19.6. The Morgan fingerprint density at radius 2 is 2.04 bits per heavy atom. The predicted molar refractivity (Wildman–Crippen MR) is 96.4 cm³/mol. The first kappa shape index (κ1) is 18.9. The molecule has 2 aromatic heterocycles. The van der Waals surface area contributed by atoms with E-state index < -0.39 is 11.7 Å². The molecule has 1 saturated carbocycles. The predicted octanol–water partition coefficient (Wildman–Crippen LogP) is 3.78. The summed E-state index contributed by atoms with van der Waals surface area (Å²) in [5, 5.41) is 5.72. The lowest BCUT2D eigenvalue weighted by Crippen LogP contribution is -2.15. The molecule has 0 saturated heterocycles. The minimum atomic E-state index is -3.16. The van der Waals surface area contributed by atoms with E-state index >= 15 is 0 Å². The molecule has 0 bridgehead atoms. The van der Waals surface area contributed by atoms with Gasteiger partial charge in [0, 0.05) is 30.7 Å². The number of nitrogens with one attached hydrogen (secondary N) is 2. The van der Waals surface area contributed by atoms with E-state index in [-0.39, 0.29) is 17.6 Å². The normalized spacial score (nSPS) is 14.0. The maximum absolute atomic E-state index is 13.6. The summed E-state index contributed by atoms with van der Waals surface area (Å²) in [6.45, 7) is 4.57. The van der Waals surface area contributed by atoms with Crippen LogP contribution >= 0.6 is 0 Å². The van der Waals surface area contributed by atoms with E-state index in [0.717, 1.165) is 19.8 Å². The fraction of sp³-hybridized carbons (Fsp3) is 0.444. The maximum atomic E-state index is 13.6. The summed E-state index contributed by atoms with van der Waals surface area (Å²) in [4.78, 5) is 23.8. The fourth-order valence-electron chi connectivity index (χ4n) is 2.42. The summed E-state index contributed by atoms with van der Waals surface area (Å²) in [5.41, 5.74) is 0.861. The third-order valence-electron chi connectivity index (χ3n) is 3.88. The largest absolute Gasteiger partial charge is 0.490 e. The van der Waals surface area contributed by atoms with Crippen molar-refractivity contribution in [3.05, 3.63) is 29.8 Å². The number of alkyl halides is 2.